The second-order valence-electron chi connectivity index (χ2n) is 5.22. The molecule has 0 aliphatic carbocycles. The Kier molecular flexibility index (Phi) is 6.83. The summed E-state index contributed by atoms with van der Waals surface area (Å²) in [5.41, 5.74) is 2.72. The molecule has 0 bridgehead atoms. The Bertz CT molecular complexity index is 727. The highest BCUT2D eigenvalue weighted by molar-refractivity contribution is 5.91. The highest BCUT2D eigenvalue weighted by Crippen LogP contribution is 2.26. The average molecular weight is 342 g/mol. The van der Waals surface area contributed by atoms with E-state index in [1.165, 1.54) is 11.8 Å². The Morgan fingerprint density at radius 1 is 1.08 bits per heavy atom. The lowest BCUT2D eigenvalue weighted by Crippen LogP contribution is -2.16. The van der Waals surface area contributed by atoms with Gasteiger partial charge in [0.05, 0.1) is 20.4 Å². The number of carbonyl (C=O) groups excluding carboxylic acids is 1. The molecular formula is C19H22N2O4. The van der Waals surface area contributed by atoms with Crippen LogP contribution < -0.4 is 14.8 Å². The van der Waals surface area contributed by atoms with Crippen molar-refractivity contribution in [3.8, 4) is 11.5 Å². The summed E-state index contributed by atoms with van der Waals surface area (Å²) in [5, 5.41) is 6.55. The predicted octanol–water partition coefficient (Wildman–Crippen LogP) is 3.26. The van der Waals surface area contributed by atoms with Gasteiger partial charge in [-0.15, -0.1) is 0 Å². The van der Waals surface area contributed by atoms with E-state index in [0.717, 1.165) is 17.7 Å². The number of rotatable bonds is 8. The molecule has 0 aliphatic rings. The SMILES string of the molecule is CCc1ccc(NC(=O)CO/N=C\c2ccc(OC)c(OC)c2)cc1. The van der Waals surface area contributed by atoms with Crippen LogP contribution in [-0.4, -0.2) is 32.9 Å². The van der Waals surface area contributed by atoms with Crippen LogP contribution in [0.1, 0.15) is 18.1 Å². The normalized spacial score (nSPS) is 10.5. The molecule has 0 saturated carbocycles. The molecule has 0 fully saturated rings. The molecule has 0 aliphatic heterocycles. The minimum Gasteiger partial charge on any atom is -0.493 e. The summed E-state index contributed by atoms with van der Waals surface area (Å²) in [7, 11) is 3.13. The van der Waals surface area contributed by atoms with Gasteiger partial charge in [0.15, 0.2) is 18.1 Å². The number of nitrogens with one attached hydrogen (secondary N) is 1. The van der Waals surface area contributed by atoms with Crippen LogP contribution in [-0.2, 0) is 16.1 Å². The maximum atomic E-state index is 11.8. The summed E-state index contributed by atoms with van der Waals surface area (Å²) in [4.78, 5) is 16.8. The van der Waals surface area contributed by atoms with Gasteiger partial charge in [0.1, 0.15) is 0 Å². The molecule has 2 aromatic rings. The Balaban J connectivity index is 1.82. The van der Waals surface area contributed by atoms with E-state index in [-0.39, 0.29) is 12.5 Å². The van der Waals surface area contributed by atoms with E-state index in [1.807, 2.05) is 30.3 Å². The molecule has 1 amide bonds. The average Bonchev–Trinajstić information content (AvgIpc) is 2.65. The maximum absolute atomic E-state index is 11.8. The van der Waals surface area contributed by atoms with Gasteiger partial charge in [-0.3, -0.25) is 4.79 Å². The number of amides is 1. The van der Waals surface area contributed by atoms with Gasteiger partial charge in [-0.2, -0.15) is 0 Å². The summed E-state index contributed by atoms with van der Waals surface area (Å²) in [6.07, 6.45) is 2.47. The fourth-order valence-electron chi connectivity index (χ4n) is 2.15. The van der Waals surface area contributed by atoms with E-state index in [1.54, 1.807) is 26.4 Å². The Morgan fingerprint density at radius 2 is 1.80 bits per heavy atom. The molecule has 0 radical (unpaired) electrons. The van der Waals surface area contributed by atoms with Crippen LogP contribution in [0.4, 0.5) is 5.69 Å². The first-order valence-electron chi connectivity index (χ1n) is 7.92. The lowest BCUT2D eigenvalue weighted by atomic mass is 10.1. The van der Waals surface area contributed by atoms with Gasteiger partial charge in [0, 0.05) is 11.3 Å². The number of methoxy groups -OCH3 is 2. The topological polar surface area (TPSA) is 69.2 Å². The molecule has 25 heavy (non-hydrogen) atoms. The molecular weight excluding hydrogens is 320 g/mol. The van der Waals surface area contributed by atoms with Crippen LogP contribution >= 0.6 is 0 Å². The molecule has 132 valence electrons. The highest BCUT2D eigenvalue weighted by Gasteiger charge is 2.04. The first-order chi connectivity index (χ1) is 12.2. The highest BCUT2D eigenvalue weighted by atomic mass is 16.6. The number of benzene rings is 2. The van der Waals surface area contributed by atoms with Crippen molar-refractivity contribution < 1.29 is 19.1 Å². The van der Waals surface area contributed by atoms with Crippen molar-refractivity contribution in [2.24, 2.45) is 5.16 Å². The van der Waals surface area contributed by atoms with Crippen LogP contribution in [0.25, 0.3) is 0 Å². The number of anilines is 1. The van der Waals surface area contributed by atoms with Crippen LogP contribution in [0.15, 0.2) is 47.6 Å². The summed E-state index contributed by atoms with van der Waals surface area (Å²) < 4.78 is 10.4. The number of hydrogen-bond acceptors (Lipinski definition) is 5. The first kappa shape index (κ1) is 18.3. The van der Waals surface area contributed by atoms with Crippen molar-refractivity contribution in [1.29, 1.82) is 0 Å². The third kappa shape index (κ3) is 5.53. The molecule has 2 aromatic carbocycles. The lowest BCUT2D eigenvalue weighted by Gasteiger charge is -2.07. The summed E-state index contributed by atoms with van der Waals surface area (Å²) >= 11 is 0. The molecule has 0 heterocycles. The third-order valence-corrected chi connectivity index (χ3v) is 3.53. The molecule has 6 heteroatoms. The van der Waals surface area contributed by atoms with Crippen molar-refractivity contribution in [2.75, 3.05) is 26.1 Å². The standard InChI is InChI=1S/C19H22N2O4/c1-4-14-5-8-16(9-6-14)21-19(22)13-25-20-12-15-7-10-17(23-2)18(11-15)24-3/h5-12H,4,13H2,1-3H3,(H,21,22)/b20-12-. The molecule has 0 unspecified atom stereocenters. The quantitative estimate of drug-likeness (QED) is 0.590. The molecule has 0 atom stereocenters. The van der Waals surface area contributed by atoms with E-state index < -0.39 is 0 Å². The largest absolute Gasteiger partial charge is 0.493 e. The molecule has 0 spiro atoms. The molecule has 0 saturated heterocycles. The van der Waals surface area contributed by atoms with Gasteiger partial charge in [-0.1, -0.05) is 24.2 Å². The maximum Gasteiger partial charge on any atom is 0.265 e. The van der Waals surface area contributed by atoms with Gasteiger partial charge in [-0.05, 0) is 42.3 Å². The Hall–Kier alpha value is -3.02. The summed E-state index contributed by atoms with van der Waals surface area (Å²) in [6.45, 7) is 1.91. The van der Waals surface area contributed by atoms with Gasteiger partial charge >= 0.3 is 0 Å². The number of aryl methyl sites for hydroxylation is 1. The zero-order valence-corrected chi connectivity index (χ0v) is 14.6. The van der Waals surface area contributed by atoms with Crippen molar-refractivity contribution in [3.05, 3.63) is 53.6 Å². The Morgan fingerprint density at radius 3 is 2.44 bits per heavy atom. The number of oxime groups is 1. The van der Waals surface area contributed by atoms with Crippen molar-refractivity contribution >= 4 is 17.8 Å². The van der Waals surface area contributed by atoms with E-state index in [2.05, 4.69) is 17.4 Å². The minimum absolute atomic E-state index is 0.167. The van der Waals surface area contributed by atoms with Gasteiger partial charge < -0.3 is 19.6 Å². The van der Waals surface area contributed by atoms with E-state index in [9.17, 15) is 4.79 Å². The second kappa shape index (κ2) is 9.32. The zero-order chi connectivity index (χ0) is 18.1. The minimum atomic E-state index is -0.270. The molecule has 2 rings (SSSR count). The summed E-state index contributed by atoms with van der Waals surface area (Å²) in [5.74, 6) is 0.961. The van der Waals surface area contributed by atoms with Crippen LogP contribution in [0.5, 0.6) is 11.5 Å². The fraction of sp³-hybridized carbons (Fsp3) is 0.263. The zero-order valence-electron chi connectivity index (χ0n) is 14.6. The first-order valence-corrected chi connectivity index (χ1v) is 7.92. The number of carbonyl (C=O) groups is 1. The monoisotopic (exact) mass is 342 g/mol. The summed E-state index contributed by atoms with van der Waals surface area (Å²) in [6, 6.07) is 13.0. The van der Waals surface area contributed by atoms with Gasteiger partial charge in [0.25, 0.3) is 5.91 Å². The molecule has 6 nitrogen and oxygen atoms in total. The molecule has 0 aromatic heterocycles. The van der Waals surface area contributed by atoms with Crippen LogP contribution in [0.2, 0.25) is 0 Å². The van der Waals surface area contributed by atoms with Crippen molar-refractivity contribution in [2.45, 2.75) is 13.3 Å². The second-order valence-corrected chi connectivity index (χ2v) is 5.22. The molecule has 1 N–H and O–H groups in total. The van der Waals surface area contributed by atoms with E-state index >= 15 is 0 Å². The Labute approximate surface area is 147 Å². The van der Waals surface area contributed by atoms with Gasteiger partial charge in [-0.25, -0.2) is 0 Å². The van der Waals surface area contributed by atoms with Crippen LogP contribution in [0.3, 0.4) is 0 Å². The van der Waals surface area contributed by atoms with Gasteiger partial charge in [0.2, 0.25) is 0 Å². The number of nitrogens with zero attached hydrogens (tertiary/aromatic N) is 1. The van der Waals surface area contributed by atoms with Crippen molar-refractivity contribution in [1.82, 2.24) is 0 Å². The number of ether oxygens (including phenoxy) is 2. The predicted molar refractivity (Wildman–Crippen MR) is 97.5 cm³/mol. The lowest BCUT2D eigenvalue weighted by molar-refractivity contribution is -0.120. The smallest absolute Gasteiger partial charge is 0.265 e. The number of hydrogen-bond donors (Lipinski definition) is 1. The van der Waals surface area contributed by atoms with Crippen LogP contribution in [0, 0.1) is 0 Å². The van der Waals surface area contributed by atoms with Crippen molar-refractivity contribution in [3.63, 3.8) is 0 Å². The van der Waals surface area contributed by atoms with E-state index in [0.29, 0.717) is 11.5 Å². The fourth-order valence-corrected chi connectivity index (χ4v) is 2.15. The van der Waals surface area contributed by atoms with E-state index in [4.69, 9.17) is 14.3 Å². The third-order valence-electron chi connectivity index (χ3n) is 3.53.